The van der Waals surface area contributed by atoms with Gasteiger partial charge in [0.25, 0.3) is 0 Å². The van der Waals surface area contributed by atoms with Gasteiger partial charge in [0, 0.05) is 44.3 Å². The first kappa shape index (κ1) is 38.3. The molecule has 0 saturated carbocycles. The van der Waals surface area contributed by atoms with E-state index in [1.165, 1.54) is 51.0 Å². The number of esters is 2. The largest absolute Gasteiger partial charge is 0.465 e. The zero-order valence-electron chi connectivity index (χ0n) is 32.8. The summed E-state index contributed by atoms with van der Waals surface area (Å²) >= 11 is 0. The monoisotopic (exact) mass is 746 g/mol. The fraction of sp³-hybridized carbons (Fsp3) is 0.292. The minimum absolute atomic E-state index is 0.386. The lowest BCUT2D eigenvalue weighted by atomic mass is 10.0. The van der Waals surface area contributed by atoms with Gasteiger partial charge in [-0.2, -0.15) is 0 Å². The Balaban J connectivity index is 1.55. The summed E-state index contributed by atoms with van der Waals surface area (Å²) in [5.41, 5.74) is 14.4. The summed E-state index contributed by atoms with van der Waals surface area (Å²) in [6, 6.07) is 23.5. The maximum atomic E-state index is 12.4. The van der Waals surface area contributed by atoms with E-state index in [9.17, 15) is 9.59 Å². The van der Waals surface area contributed by atoms with Crippen LogP contribution in [0, 0.1) is 0 Å². The molecule has 2 N–H and O–H groups in total. The maximum absolute atomic E-state index is 12.4. The summed E-state index contributed by atoms with van der Waals surface area (Å²) in [4.78, 5) is 43.1. The summed E-state index contributed by atoms with van der Waals surface area (Å²) < 4.78 is 9.99. The molecule has 0 atom stereocenters. The number of carbonyl (C=O) groups is 2. The second kappa shape index (κ2) is 17.6. The summed E-state index contributed by atoms with van der Waals surface area (Å²) in [7, 11) is 2.78. The molecule has 0 aliphatic carbocycles. The van der Waals surface area contributed by atoms with Crippen LogP contribution in [-0.2, 0) is 22.3 Å². The van der Waals surface area contributed by atoms with Crippen LogP contribution >= 0.6 is 0 Å². The molecule has 8 heteroatoms. The number of hydrogen-bond acceptors (Lipinski definition) is 6. The summed E-state index contributed by atoms with van der Waals surface area (Å²) in [6.07, 6.45) is 19.5. The topological polar surface area (TPSA) is 110 Å². The number of aromatic nitrogens is 4. The van der Waals surface area contributed by atoms with E-state index in [0.717, 1.165) is 106 Å². The molecule has 3 aromatic heterocycles. The number of benzene rings is 2. The smallest absolute Gasteiger partial charge is 0.337 e. The number of aryl methyl sites for hydroxylation is 2. The fourth-order valence-electron chi connectivity index (χ4n) is 7.70. The predicted molar refractivity (Wildman–Crippen MR) is 228 cm³/mol. The van der Waals surface area contributed by atoms with Crippen molar-refractivity contribution in [2.24, 2.45) is 0 Å². The van der Waals surface area contributed by atoms with Gasteiger partial charge >= 0.3 is 11.9 Å². The minimum atomic E-state index is -0.386. The van der Waals surface area contributed by atoms with E-state index < -0.39 is 0 Å². The molecule has 2 aliphatic heterocycles. The molecule has 2 aliphatic rings. The van der Waals surface area contributed by atoms with Crippen molar-refractivity contribution in [1.82, 2.24) is 19.9 Å². The first-order valence-corrected chi connectivity index (χ1v) is 19.9. The number of nitrogens with one attached hydrogen (secondary N) is 2. The van der Waals surface area contributed by atoms with E-state index in [2.05, 4.69) is 72.4 Å². The van der Waals surface area contributed by atoms with E-state index in [0.29, 0.717) is 11.1 Å². The second-order valence-electron chi connectivity index (χ2n) is 14.5. The van der Waals surface area contributed by atoms with Gasteiger partial charge in [0.05, 0.1) is 48.1 Å². The van der Waals surface area contributed by atoms with E-state index in [1.54, 1.807) is 24.3 Å². The Morgan fingerprint density at radius 3 is 1.25 bits per heavy atom. The molecule has 8 nitrogen and oxygen atoms in total. The number of aromatic amines is 2. The van der Waals surface area contributed by atoms with Crippen molar-refractivity contribution in [2.75, 3.05) is 14.2 Å². The number of rotatable bonds is 14. The number of fused-ring (bicyclic) bond motifs is 8. The van der Waals surface area contributed by atoms with Gasteiger partial charge in [-0.3, -0.25) is 0 Å². The van der Waals surface area contributed by atoms with E-state index in [1.807, 2.05) is 24.3 Å². The average molecular weight is 747 g/mol. The molecule has 56 heavy (non-hydrogen) atoms. The van der Waals surface area contributed by atoms with Gasteiger partial charge in [0.1, 0.15) is 0 Å². The second-order valence-corrected chi connectivity index (χ2v) is 14.5. The highest BCUT2D eigenvalue weighted by Gasteiger charge is 2.19. The molecule has 0 spiro atoms. The Hall–Kier alpha value is -6.02. The lowest BCUT2D eigenvalue weighted by Crippen LogP contribution is -2.00. The Labute approximate surface area is 328 Å². The highest BCUT2D eigenvalue weighted by atomic mass is 16.5. The van der Waals surface area contributed by atoms with E-state index >= 15 is 0 Å². The third kappa shape index (κ3) is 8.15. The van der Waals surface area contributed by atoms with Crippen molar-refractivity contribution in [2.45, 2.75) is 78.1 Å². The number of carbonyl (C=O) groups excluding carboxylic acids is 2. The van der Waals surface area contributed by atoms with Crippen LogP contribution in [0.3, 0.4) is 0 Å². The molecule has 5 aromatic rings. The maximum Gasteiger partial charge on any atom is 0.337 e. The molecule has 0 amide bonds. The zero-order valence-corrected chi connectivity index (χ0v) is 32.8. The number of H-pyrrole nitrogens is 2. The van der Waals surface area contributed by atoms with Crippen LogP contribution in [0.25, 0.3) is 68.6 Å². The number of nitrogens with zero attached hydrogens (tertiary/aromatic N) is 2. The van der Waals surface area contributed by atoms with Gasteiger partial charge in [-0.1, -0.05) is 76.6 Å². The molecular weight excluding hydrogens is 697 g/mol. The molecular formula is C48H50N4O4. The van der Waals surface area contributed by atoms with Crippen molar-refractivity contribution in [3.63, 3.8) is 0 Å². The van der Waals surface area contributed by atoms with Gasteiger partial charge in [-0.15, -0.1) is 0 Å². The van der Waals surface area contributed by atoms with Gasteiger partial charge in [-0.25, -0.2) is 19.6 Å². The molecule has 2 aromatic carbocycles. The van der Waals surface area contributed by atoms with Gasteiger partial charge in [0.15, 0.2) is 0 Å². The first-order valence-electron chi connectivity index (χ1n) is 19.9. The third-order valence-electron chi connectivity index (χ3n) is 10.7. The number of unbranched alkanes of at least 4 members (excludes halogenated alkanes) is 6. The molecule has 0 saturated heterocycles. The predicted octanol–water partition coefficient (Wildman–Crippen LogP) is 11.8. The highest BCUT2D eigenvalue weighted by molar-refractivity contribution is 5.97. The van der Waals surface area contributed by atoms with Crippen molar-refractivity contribution < 1.29 is 19.1 Å². The van der Waals surface area contributed by atoms with Crippen molar-refractivity contribution in [3.05, 3.63) is 118 Å². The summed E-state index contributed by atoms with van der Waals surface area (Å²) in [5, 5.41) is 0. The molecule has 0 radical (unpaired) electrons. The third-order valence-corrected chi connectivity index (χ3v) is 10.7. The first-order chi connectivity index (χ1) is 27.4. The van der Waals surface area contributed by atoms with E-state index in [-0.39, 0.29) is 11.9 Å². The van der Waals surface area contributed by atoms with Crippen LogP contribution < -0.4 is 0 Å². The van der Waals surface area contributed by atoms with Crippen LogP contribution in [0.2, 0.25) is 0 Å². The molecule has 7 rings (SSSR count). The standard InChI is InChI=1S/C48H50N4O4/c1-5-7-9-11-13-35-37-23-24-38(49-37)36(14-12-10-8-6-2)40-26-28-42(51-40)46(32-17-21-34(22-18-32)48(54)56-4)44-30-29-43(52-44)45(41-27-25-39(35)50-41)31-15-19-33(20-16-31)47(53)55-3/h15-30,49,52H,5-14H2,1-4H3. The summed E-state index contributed by atoms with van der Waals surface area (Å²) in [5.74, 6) is -0.771. The SMILES string of the molecule is CCCCCCc1c2nc(c(-c3ccc(C(=O)OC)cc3)c3ccc([nH]3)c(-c3ccc(C(=O)OC)cc3)c3nc(c(CCCCCC)c4ccc1[nH]4)C=C3)C=C2. The van der Waals surface area contributed by atoms with Crippen LogP contribution in [-0.4, -0.2) is 46.1 Å². The van der Waals surface area contributed by atoms with Crippen LogP contribution in [0.1, 0.15) is 120 Å². The lowest BCUT2D eigenvalue weighted by Gasteiger charge is -2.08. The molecule has 0 fully saturated rings. The number of methoxy groups -OCH3 is 2. The van der Waals surface area contributed by atoms with Crippen molar-refractivity contribution in [1.29, 1.82) is 0 Å². The zero-order chi connectivity index (χ0) is 39.0. The Kier molecular flexibility index (Phi) is 12.0. The normalized spacial score (nSPS) is 11.9. The molecule has 286 valence electrons. The van der Waals surface area contributed by atoms with E-state index in [4.69, 9.17) is 19.4 Å². The Morgan fingerprint density at radius 1 is 0.482 bits per heavy atom. The number of hydrogen-bond donors (Lipinski definition) is 2. The van der Waals surface area contributed by atoms with Crippen LogP contribution in [0.4, 0.5) is 0 Å². The minimum Gasteiger partial charge on any atom is -0.465 e. The molecule has 0 unspecified atom stereocenters. The Bertz CT molecular complexity index is 2280. The quantitative estimate of drug-likeness (QED) is 0.0847. The number of ether oxygens (including phenoxy) is 2. The van der Waals surface area contributed by atoms with Crippen molar-refractivity contribution >= 4 is 58.3 Å². The molecule has 8 bridgehead atoms. The van der Waals surface area contributed by atoms with Crippen LogP contribution in [0.5, 0.6) is 0 Å². The molecule has 5 heterocycles. The van der Waals surface area contributed by atoms with Gasteiger partial charge < -0.3 is 19.4 Å². The van der Waals surface area contributed by atoms with Crippen molar-refractivity contribution in [3.8, 4) is 22.3 Å². The van der Waals surface area contributed by atoms with Gasteiger partial charge in [0.2, 0.25) is 0 Å². The Morgan fingerprint density at radius 2 is 0.857 bits per heavy atom. The lowest BCUT2D eigenvalue weighted by molar-refractivity contribution is 0.0592. The summed E-state index contributed by atoms with van der Waals surface area (Å²) in [6.45, 7) is 4.48. The van der Waals surface area contributed by atoms with Crippen LogP contribution in [0.15, 0.2) is 72.8 Å². The fourth-order valence-corrected chi connectivity index (χ4v) is 7.70. The highest BCUT2D eigenvalue weighted by Crippen LogP contribution is 2.36. The average Bonchev–Trinajstić information content (AvgIpc) is 4.08. The van der Waals surface area contributed by atoms with Gasteiger partial charge in [-0.05, 0) is 110 Å².